The van der Waals surface area contributed by atoms with Crippen molar-refractivity contribution in [1.82, 2.24) is 5.32 Å². The van der Waals surface area contributed by atoms with E-state index in [2.05, 4.69) is 26.6 Å². The number of halogens is 1. The molecule has 1 aliphatic carbocycles. The maximum absolute atomic E-state index is 12.3. The molecule has 1 aliphatic rings. The Balaban J connectivity index is 1.87. The van der Waals surface area contributed by atoms with Gasteiger partial charge in [0.25, 0.3) is 0 Å². The highest BCUT2D eigenvalue weighted by molar-refractivity contribution is 9.10. The van der Waals surface area contributed by atoms with Gasteiger partial charge < -0.3 is 16.4 Å². The zero-order valence-electron chi connectivity index (χ0n) is 13.6. The van der Waals surface area contributed by atoms with Crippen molar-refractivity contribution < 1.29 is 9.59 Å². The van der Waals surface area contributed by atoms with E-state index in [-0.39, 0.29) is 24.3 Å². The molecule has 2 unspecified atom stereocenters. The van der Waals surface area contributed by atoms with Gasteiger partial charge in [-0.1, -0.05) is 28.8 Å². The number of carbonyl (C=O) groups excluding carboxylic acids is 2. The zero-order chi connectivity index (χ0) is 17.0. The third-order valence-corrected chi connectivity index (χ3v) is 4.95. The molecule has 2 rings (SSSR count). The fraction of sp³-hybridized carbons (Fsp3) is 0.529. The Hall–Kier alpha value is -1.40. The van der Waals surface area contributed by atoms with Gasteiger partial charge in [-0.2, -0.15) is 0 Å². The summed E-state index contributed by atoms with van der Waals surface area (Å²) < 4.78 is 0.959. The summed E-state index contributed by atoms with van der Waals surface area (Å²) >= 11 is 3.39. The van der Waals surface area contributed by atoms with Crippen molar-refractivity contribution in [2.75, 3.05) is 11.9 Å². The monoisotopic (exact) mass is 381 g/mol. The van der Waals surface area contributed by atoms with E-state index >= 15 is 0 Å². The molecule has 0 saturated heterocycles. The molecular formula is C17H24BrN3O2. The highest BCUT2D eigenvalue weighted by atomic mass is 79.9. The minimum atomic E-state index is -0.485. The number of nitrogens with two attached hydrogens (primary N) is 1. The lowest BCUT2D eigenvalue weighted by molar-refractivity contribution is -0.130. The third kappa shape index (κ3) is 4.78. The van der Waals surface area contributed by atoms with Crippen molar-refractivity contribution in [3.63, 3.8) is 0 Å². The van der Waals surface area contributed by atoms with Gasteiger partial charge in [-0.3, -0.25) is 9.59 Å². The van der Waals surface area contributed by atoms with E-state index < -0.39 is 5.54 Å². The second-order valence-corrected chi connectivity index (χ2v) is 7.45. The van der Waals surface area contributed by atoms with E-state index in [1.807, 2.05) is 32.0 Å². The van der Waals surface area contributed by atoms with E-state index in [1.165, 1.54) is 0 Å². The number of aryl methyl sites for hydroxylation is 1. The molecule has 1 saturated carbocycles. The van der Waals surface area contributed by atoms with Gasteiger partial charge in [0.05, 0.1) is 12.5 Å². The maximum atomic E-state index is 12.3. The SMILES string of the molecule is Cc1cc(Br)ccc1NC(=O)CNC(=O)C1CCCCC1(C)N. The van der Waals surface area contributed by atoms with Crippen LogP contribution in [0.2, 0.25) is 0 Å². The molecule has 4 N–H and O–H groups in total. The molecule has 5 nitrogen and oxygen atoms in total. The van der Waals surface area contributed by atoms with Gasteiger partial charge >= 0.3 is 0 Å². The van der Waals surface area contributed by atoms with Gasteiger partial charge in [-0.25, -0.2) is 0 Å². The second kappa shape index (κ2) is 7.45. The fourth-order valence-electron chi connectivity index (χ4n) is 3.04. The Morgan fingerprint density at radius 1 is 1.39 bits per heavy atom. The molecule has 0 radical (unpaired) electrons. The first-order chi connectivity index (χ1) is 10.8. The summed E-state index contributed by atoms with van der Waals surface area (Å²) in [5.41, 5.74) is 7.44. The van der Waals surface area contributed by atoms with Crippen LogP contribution in [0.5, 0.6) is 0 Å². The number of nitrogens with one attached hydrogen (secondary N) is 2. The standard InChI is InChI=1S/C17H24BrN3O2/c1-11-9-12(18)6-7-14(11)21-15(22)10-20-16(23)13-5-3-4-8-17(13,2)19/h6-7,9,13H,3-5,8,10,19H2,1-2H3,(H,20,23)(H,21,22). The van der Waals surface area contributed by atoms with Crippen LogP contribution in [-0.4, -0.2) is 23.9 Å². The van der Waals surface area contributed by atoms with Crippen LogP contribution in [0.1, 0.15) is 38.2 Å². The maximum Gasteiger partial charge on any atom is 0.243 e. The molecule has 2 atom stereocenters. The summed E-state index contributed by atoms with van der Waals surface area (Å²) in [5, 5.41) is 5.53. The lowest BCUT2D eigenvalue weighted by Gasteiger charge is -2.37. The normalized spacial score (nSPS) is 24.1. The van der Waals surface area contributed by atoms with Gasteiger partial charge in [0.2, 0.25) is 11.8 Å². The second-order valence-electron chi connectivity index (χ2n) is 6.53. The molecule has 23 heavy (non-hydrogen) atoms. The first-order valence-corrected chi connectivity index (χ1v) is 8.71. The van der Waals surface area contributed by atoms with Crippen molar-refractivity contribution in [2.24, 2.45) is 11.7 Å². The van der Waals surface area contributed by atoms with Gasteiger partial charge in [0.1, 0.15) is 0 Å². The Bertz CT molecular complexity index is 602. The number of hydrogen-bond acceptors (Lipinski definition) is 3. The number of amides is 2. The van der Waals surface area contributed by atoms with Gasteiger partial charge in [-0.05, 0) is 50.5 Å². The molecule has 0 bridgehead atoms. The lowest BCUT2D eigenvalue weighted by atomic mass is 9.74. The summed E-state index contributed by atoms with van der Waals surface area (Å²) in [7, 11) is 0. The number of hydrogen-bond donors (Lipinski definition) is 3. The van der Waals surface area contributed by atoms with E-state index in [4.69, 9.17) is 5.73 Å². The molecule has 1 fully saturated rings. The summed E-state index contributed by atoms with van der Waals surface area (Å²) in [6.45, 7) is 3.80. The molecule has 1 aromatic carbocycles. The minimum absolute atomic E-state index is 0.0408. The Labute approximate surface area is 145 Å². The van der Waals surface area contributed by atoms with Crippen LogP contribution in [0.15, 0.2) is 22.7 Å². The smallest absolute Gasteiger partial charge is 0.243 e. The van der Waals surface area contributed by atoms with Crippen LogP contribution < -0.4 is 16.4 Å². The Morgan fingerprint density at radius 3 is 2.78 bits per heavy atom. The average Bonchev–Trinajstić information content (AvgIpc) is 2.47. The van der Waals surface area contributed by atoms with Gasteiger partial charge in [0, 0.05) is 15.7 Å². The number of carbonyl (C=O) groups is 2. The fourth-order valence-corrected chi connectivity index (χ4v) is 3.52. The lowest BCUT2D eigenvalue weighted by Crippen LogP contribution is -2.53. The highest BCUT2D eigenvalue weighted by Crippen LogP contribution is 2.31. The van der Waals surface area contributed by atoms with Crippen LogP contribution >= 0.6 is 15.9 Å². The van der Waals surface area contributed by atoms with Crippen LogP contribution in [-0.2, 0) is 9.59 Å². The number of benzene rings is 1. The van der Waals surface area contributed by atoms with Crippen LogP contribution in [0, 0.1) is 12.8 Å². The molecule has 2 amide bonds. The molecule has 126 valence electrons. The van der Waals surface area contributed by atoms with Crippen LogP contribution in [0.3, 0.4) is 0 Å². The molecule has 0 aromatic heterocycles. The predicted octanol–water partition coefficient (Wildman–Crippen LogP) is 2.72. The Morgan fingerprint density at radius 2 is 2.13 bits per heavy atom. The van der Waals surface area contributed by atoms with E-state index in [0.717, 1.165) is 41.4 Å². The third-order valence-electron chi connectivity index (χ3n) is 4.46. The topological polar surface area (TPSA) is 84.2 Å². The molecule has 0 aliphatic heterocycles. The van der Waals surface area contributed by atoms with Crippen molar-refractivity contribution >= 4 is 33.4 Å². The Kier molecular flexibility index (Phi) is 5.81. The van der Waals surface area contributed by atoms with Crippen LogP contribution in [0.4, 0.5) is 5.69 Å². The number of rotatable bonds is 4. The first kappa shape index (κ1) is 17.9. The largest absolute Gasteiger partial charge is 0.347 e. The minimum Gasteiger partial charge on any atom is -0.347 e. The van der Waals surface area contributed by atoms with Crippen molar-refractivity contribution in [1.29, 1.82) is 0 Å². The number of anilines is 1. The van der Waals surface area contributed by atoms with Gasteiger partial charge in [0.15, 0.2) is 0 Å². The molecular weight excluding hydrogens is 358 g/mol. The van der Waals surface area contributed by atoms with E-state index in [9.17, 15) is 9.59 Å². The van der Waals surface area contributed by atoms with Crippen molar-refractivity contribution in [2.45, 2.75) is 45.1 Å². The molecule has 1 aromatic rings. The van der Waals surface area contributed by atoms with Crippen LogP contribution in [0.25, 0.3) is 0 Å². The first-order valence-electron chi connectivity index (χ1n) is 7.92. The molecule has 6 heteroatoms. The highest BCUT2D eigenvalue weighted by Gasteiger charge is 2.37. The summed E-state index contributed by atoms with van der Waals surface area (Å²) in [6.07, 6.45) is 3.69. The predicted molar refractivity (Wildman–Crippen MR) is 95.1 cm³/mol. The zero-order valence-corrected chi connectivity index (χ0v) is 15.2. The van der Waals surface area contributed by atoms with E-state index in [1.54, 1.807) is 0 Å². The molecule has 0 spiro atoms. The van der Waals surface area contributed by atoms with Gasteiger partial charge in [-0.15, -0.1) is 0 Å². The van der Waals surface area contributed by atoms with Crippen molar-refractivity contribution in [3.8, 4) is 0 Å². The summed E-state index contributed by atoms with van der Waals surface area (Å²) in [4.78, 5) is 24.3. The van der Waals surface area contributed by atoms with Crippen molar-refractivity contribution in [3.05, 3.63) is 28.2 Å². The summed E-state index contributed by atoms with van der Waals surface area (Å²) in [6, 6.07) is 5.62. The average molecular weight is 382 g/mol. The summed E-state index contributed by atoms with van der Waals surface area (Å²) in [5.74, 6) is -0.589. The molecule has 0 heterocycles. The van der Waals surface area contributed by atoms with E-state index in [0.29, 0.717) is 0 Å². The quantitative estimate of drug-likeness (QED) is 0.749.